The fourth-order valence-electron chi connectivity index (χ4n) is 1.88. The second kappa shape index (κ2) is 7.00. The second-order valence-electron chi connectivity index (χ2n) is 6.05. The van der Waals surface area contributed by atoms with E-state index >= 15 is 0 Å². The number of ether oxygens (including phenoxy) is 1. The summed E-state index contributed by atoms with van der Waals surface area (Å²) in [7, 11) is -3.43. The molecule has 0 radical (unpaired) electrons. The molecule has 0 heterocycles. The molecule has 1 rings (SSSR count). The van der Waals surface area contributed by atoms with E-state index in [9.17, 15) is 13.2 Å². The number of alkyl carbamates (subject to hydrolysis) is 1. The summed E-state index contributed by atoms with van der Waals surface area (Å²) in [5.41, 5.74) is 0.873. The third-order valence-electron chi connectivity index (χ3n) is 2.77. The quantitative estimate of drug-likeness (QED) is 0.900. The van der Waals surface area contributed by atoms with E-state index in [4.69, 9.17) is 4.74 Å². The minimum atomic E-state index is -3.43. The number of nitrogens with zero attached hydrogens (tertiary/aromatic N) is 1. The van der Waals surface area contributed by atoms with Crippen molar-refractivity contribution in [3.63, 3.8) is 0 Å². The molecule has 0 saturated heterocycles. The smallest absolute Gasteiger partial charge is 0.407 e. The first-order chi connectivity index (χ1) is 10.0. The van der Waals surface area contributed by atoms with E-state index < -0.39 is 21.7 Å². The molecule has 0 fully saturated rings. The molecule has 7 heteroatoms. The number of sulfonamides is 1. The highest BCUT2D eigenvalue weighted by molar-refractivity contribution is 7.92. The van der Waals surface area contributed by atoms with Gasteiger partial charge in [0.05, 0.1) is 18.5 Å². The molecular weight excluding hydrogens is 304 g/mol. The van der Waals surface area contributed by atoms with Crippen molar-refractivity contribution in [3.05, 3.63) is 29.8 Å². The SMILES string of the molecule is Cc1ccccc1N(CCNC(=O)OC(C)(C)C)S(C)(=O)=O. The molecule has 0 spiro atoms. The van der Waals surface area contributed by atoms with E-state index in [0.717, 1.165) is 11.8 Å². The summed E-state index contributed by atoms with van der Waals surface area (Å²) in [6.45, 7) is 7.45. The van der Waals surface area contributed by atoms with Crippen LogP contribution in [0.2, 0.25) is 0 Å². The maximum absolute atomic E-state index is 12.0. The number of para-hydroxylation sites is 1. The fraction of sp³-hybridized carbons (Fsp3) is 0.533. The Morgan fingerprint density at radius 2 is 1.86 bits per heavy atom. The second-order valence-corrected chi connectivity index (χ2v) is 7.96. The molecule has 0 atom stereocenters. The summed E-state index contributed by atoms with van der Waals surface area (Å²) >= 11 is 0. The van der Waals surface area contributed by atoms with Gasteiger partial charge in [-0.2, -0.15) is 0 Å². The molecule has 0 unspecified atom stereocenters. The van der Waals surface area contributed by atoms with Gasteiger partial charge in [0.15, 0.2) is 0 Å². The van der Waals surface area contributed by atoms with Crippen molar-refractivity contribution in [2.24, 2.45) is 0 Å². The summed E-state index contributed by atoms with van der Waals surface area (Å²) in [5.74, 6) is 0. The molecule has 1 aromatic rings. The minimum Gasteiger partial charge on any atom is -0.444 e. The third-order valence-corrected chi connectivity index (χ3v) is 3.95. The summed E-state index contributed by atoms with van der Waals surface area (Å²) in [4.78, 5) is 11.6. The Morgan fingerprint density at radius 1 is 1.27 bits per heavy atom. The zero-order valence-corrected chi connectivity index (χ0v) is 14.5. The van der Waals surface area contributed by atoms with Crippen LogP contribution in [0.25, 0.3) is 0 Å². The van der Waals surface area contributed by atoms with Crippen molar-refractivity contribution in [1.82, 2.24) is 5.32 Å². The van der Waals surface area contributed by atoms with Crippen LogP contribution >= 0.6 is 0 Å². The lowest BCUT2D eigenvalue weighted by Crippen LogP contribution is -2.40. The molecule has 6 nitrogen and oxygen atoms in total. The Bertz CT molecular complexity index is 621. The number of carbonyl (C=O) groups is 1. The zero-order valence-electron chi connectivity index (χ0n) is 13.7. The van der Waals surface area contributed by atoms with Crippen molar-refractivity contribution in [3.8, 4) is 0 Å². The highest BCUT2D eigenvalue weighted by Gasteiger charge is 2.20. The number of anilines is 1. The van der Waals surface area contributed by atoms with Gasteiger partial charge in [0.2, 0.25) is 10.0 Å². The zero-order chi connectivity index (χ0) is 17.0. The minimum absolute atomic E-state index is 0.142. The van der Waals surface area contributed by atoms with E-state index in [1.165, 1.54) is 4.31 Å². The van der Waals surface area contributed by atoms with Gasteiger partial charge in [-0.1, -0.05) is 18.2 Å². The summed E-state index contributed by atoms with van der Waals surface area (Å²) < 4.78 is 30.3. The number of nitrogens with one attached hydrogen (secondary N) is 1. The molecule has 0 aliphatic heterocycles. The van der Waals surface area contributed by atoms with Gasteiger partial charge in [0.1, 0.15) is 5.60 Å². The number of hydrogen-bond donors (Lipinski definition) is 1. The summed E-state index contributed by atoms with van der Waals surface area (Å²) in [6, 6.07) is 7.21. The molecule has 1 aromatic carbocycles. The molecule has 0 aromatic heterocycles. The van der Waals surface area contributed by atoms with Crippen LogP contribution in [-0.4, -0.2) is 39.5 Å². The first kappa shape index (κ1) is 18.3. The maximum Gasteiger partial charge on any atom is 0.407 e. The molecule has 1 N–H and O–H groups in total. The highest BCUT2D eigenvalue weighted by Crippen LogP contribution is 2.21. The van der Waals surface area contributed by atoms with Crippen molar-refractivity contribution in [2.75, 3.05) is 23.7 Å². The van der Waals surface area contributed by atoms with Crippen molar-refractivity contribution >= 4 is 21.8 Å². The van der Waals surface area contributed by atoms with Crippen LogP contribution in [0.4, 0.5) is 10.5 Å². The number of aryl methyl sites for hydroxylation is 1. The van der Waals surface area contributed by atoms with E-state index in [0.29, 0.717) is 5.69 Å². The fourth-order valence-corrected chi connectivity index (χ4v) is 2.87. The third kappa shape index (κ3) is 5.93. The number of benzene rings is 1. The van der Waals surface area contributed by atoms with Crippen molar-refractivity contribution in [2.45, 2.75) is 33.3 Å². The predicted molar refractivity (Wildman–Crippen MR) is 87.6 cm³/mol. The van der Waals surface area contributed by atoms with Crippen LogP contribution in [0.1, 0.15) is 26.3 Å². The van der Waals surface area contributed by atoms with Gasteiger partial charge in [0, 0.05) is 6.54 Å². The molecule has 0 aliphatic rings. The van der Waals surface area contributed by atoms with Gasteiger partial charge in [0.25, 0.3) is 0 Å². The largest absolute Gasteiger partial charge is 0.444 e. The average molecular weight is 328 g/mol. The normalized spacial score (nSPS) is 11.9. The molecular formula is C15H24N2O4S. The Labute approximate surface area is 132 Å². The molecule has 0 saturated carbocycles. The van der Waals surface area contributed by atoms with Crippen LogP contribution in [-0.2, 0) is 14.8 Å². The van der Waals surface area contributed by atoms with Crippen molar-refractivity contribution < 1.29 is 17.9 Å². The van der Waals surface area contributed by atoms with Gasteiger partial charge in [-0.15, -0.1) is 0 Å². The number of hydrogen-bond acceptors (Lipinski definition) is 4. The Balaban J connectivity index is 2.74. The monoisotopic (exact) mass is 328 g/mol. The van der Waals surface area contributed by atoms with E-state index in [2.05, 4.69) is 5.32 Å². The number of amides is 1. The maximum atomic E-state index is 12.0. The lowest BCUT2D eigenvalue weighted by molar-refractivity contribution is 0.0529. The van der Waals surface area contributed by atoms with Crippen LogP contribution in [0.15, 0.2) is 24.3 Å². The lowest BCUT2D eigenvalue weighted by Gasteiger charge is -2.25. The number of carbonyl (C=O) groups excluding carboxylic acids is 1. The van der Waals surface area contributed by atoms with Gasteiger partial charge in [-0.05, 0) is 39.3 Å². The van der Waals surface area contributed by atoms with Gasteiger partial charge < -0.3 is 10.1 Å². The van der Waals surface area contributed by atoms with Gasteiger partial charge in [-0.3, -0.25) is 4.31 Å². The molecule has 0 bridgehead atoms. The average Bonchev–Trinajstić information content (AvgIpc) is 2.32. The molecule has 124 valence electrons. The summed E-state index contributed by atoms with van der Waals surface area (Å²) in [6.07, 6.45) is 0.582. The van der Waals surface area contributed by atoms with Crippen molar-refractivity contribution in [1.29, 1.82) is 0 Å². The van der Waals surface area contributed by atoms with Gasteiger partial charge in [-0.25, -0.2) is 13.2 Å². The van der Waals surface area contributed by atoms with Crippen LogP contribution in [0.3, 0.4) is 0 Å². The highest BCUT2D eigenvalue weighted by atomic mass is 32.2. The van der Waals surface area contributed by atoms with Crippen LogP contribution < -0.4 is 9.62 Å². The van der Waals surface area contributed by atoms with Crippen LogP contribution in [0.5, 0.6) is 0 Å². The Kier molecular flexibility index (Phi) is 5.82. The summed E-state index contributed by atoms with van der Waals surface area (Å²) in [5, 5.41) is 2.56. The molecule has 0 aliphatic carbocycles. The molecule has 1 amide bonds. The standard InChI is InChI=1S/C15H24N2O4S/c1-12-8-6-7-9-13(12)17(22(5,19)20)11-10-16-14(18)21-15(2,3)4/h6-9H,10-11H2,1-5H3,(H,16,18). The topological polar surface area (TPSA) is 75.7 Å². The van der Waals surface area contributed by atoms with Crippen LogP contribution in [0, 0.1) is 6.92 Å². The predicted octanol–water partition coefficient (Wildman–Crippen LogP) is 2.29. The van der Waals surface area contributed by atoms with Gasteiger partial charge >= 0.3 is 6.09 Å². The van der Waals surface area contributed by atoms with E-state index in [1.807, 2.05) is 19.1 Å². The first-order valence-electron chi connectivity index (χ1n) is 7.01. The Hall–Kier alpha value is -1.76. The van der Waals surface area contributed by atoms with E-state index in [-0.39, 0.29) is 13.1 Å². The van der Waals surface area contributed by atoms with E-state index in [1.54, 1.807) is 32.9 Å². The lowest BCUT2D eigenvalue weighted by atomic mass is 10.2. The molecule has 22 heavy (non-hydrogen) atoms. The Morgan fingerprint density at radius 3 is 2.36 bits per heavy atom. The first-order valence-corrected chi connectivity index (χ1v) is 8.86. The number of rotatable bonds is 5.